The average molecular weight is 144 g/mol. The van der Waals surface area contributed by atoms with Crippen molar-refractivity contribution in [3.63, 3.8) is 0 Å². The van der Waals surface area contributed by atoms with Crippen molar-refractivity contribution in [3.05, 3.63) is 16.7 Å². The Balaban J connectivity index is 2.66. The summed E-state index contributed by atoms with van der Waals surface area (Å²) >= 11 is 0. The van der Waals surface area contributed by atoms with Gasteiger partial charge in [0, 0.05) is 12.0 Å². The molecule has 1 N–H and O–H groups in total. The molecule has 6 nitrogen and oxygen atoms in total. The lowest BCUT2D eigenvalue weighted by molar-refractivity contribution is -0.532. The molecule has 0 aromatic heterocycles. The van der Waals surface area contributed by atoms with Crippen LogP contribution in [0.4, 0.5) is 4.79 Å². The van der Waals surface area contributed by atoms with Crippen LogP contribution in [0.15, 0.2) is 0 Å². The molecule has 1 unspecified atom stereocenters. The zero-order chi connectivity index (χ0) is 7.72. The summed E-state index contributed by atoms with van der Waals surface area (Å²) in [6.07, 6.45) is -1.02. The molecule has 1 atom stereocenters. The predicted octanol–water partition coefficient (Wildman–Crippen LogP) is -0.594. The molecule has 6 heteroatoms. The van der Waals surface area contributed by atoms with Gasteiger partial charge in [0.05, 0.1) is 0 Å². The molecule has 1 radical (unpaired) electrons. The van der Waals surface area contributed by atoms with Crippen molar-refractivity contribution >= 4 is 6.03 Å². The lowest BCUT2D eigenvalue weighted by Gasteiger charge is -2.08. The highest BCUT2D eigenvalue weighted by Gasteiger charge is 2.36. The maximum absolute atomic E-state index is 10.6. The summed E-state index contributed by atoms with van der Waals surface area (Å²) in [4.78, 5) is 21.1. The van der Waals surface area contributed by atoms with Gasteiger partial charge in [-0.25, -0.2) is 4.79 Å². The number of urea groups is 1. The van der Waals surface area contributed by atoms with Crippen molar-refractivity contribution in [1.82, 2.24) is 10.2 Å². The lowest BCUT2D eigenvalue weighted by atomic mass is 10.5. The monoisotopic (exact) mass is 144 g/mol. The SMILES string of the molecule is CN1C(=O)N[CH]C1[N+](=O)[O-]. The van der Waals surface area contributed by atoms with Gasteiger partial charge in [0.15, 0.2) is 0 Å². The van der Waals surface area contributed by atoms with Gasteiger partial charge in [0.2, 0.25) is 0 Å². The average Bonchev–Trinajstić information content (AvgIpc) is 2.14. The van der Waals surface area contributed by atoms with E-state index < -0.39 is 17.1 Å². The third-order valence-electron chi connectivity index (χ3n) is 1.29. The smallest absolute Gasteiger partial charge is 0.323 e. The number of nitro groups is 1. The van der Waals surface area contributed by atoms with Crippen molar-refractivity contribution < 1.29 is 9.72 Å². The van der Waals surface area contributed by atoms with E-state index >= 15 is 0 Å². The van der Waals surface area contributed by atoms with Crippen molar-refractivity contribution in [2.75, 3.05) is 7.05 Å². The molecule has 0 saturated carbocycles. The molecule has 55 valence electrons. The number of amides is 2. The zero-order valence-electron chi connectivity index (χ0n) is 5.27. The second-order valence-corrected chi connectivity index (χ2v) is 1.93. The minimum Gasteiger partial charge on any atom is -0.324 e. The van der Waals surface area contributed by atoms with Gasteiger partial charge < -0.3 is 5.32 Å². The Labute approximate surface area is 57.0 Å². The molecule has 1 rings (SSSR count). The minimum absolute atomic E-state index is 0.443. The number of carbonyl (C=O) groups excluding carboxylic acids is 1. The first-order chi connectivity index (χ1) is 4.63. The molecular weight excluding hydrogens is 138 g/mol. The van der Waals surface area contributed by atoms with Gasteiger partial charge in [-0.3, -0.25) is 15.0 Å². The van der Waals surface area contributed by atoms with Crippen LogP contribution in [0.1, 0.15) is 0 Å². The van der Waals surface area contributed by atoms with Gasteiger partial charge >= 0.3 is 12.2 Å². The van der Waals surface area contributed by atoms with Crippen LogP contribution >= 0.6 is 0 Å². The topological polar surface area (TPSA) is 75.5 Å². The number of nitrogens with zero attached hydrogens (tertiary/aromatic N) is 2. The molecule has 0 aromatic rings. The molecule has 1 aliphatic heterocycles. The molecule has 10 heavy (non-hydrogen) atoms. The summed E-state index contributed by atoms with van der Waals surface area (Å²) in [6.45, 7) is 1.14. The second-order valence-electron chi connectivity index (χ2n) is 1.93. The van der Waals surface area contributed by atoms with Crippen LogP contribution in [0.5, 0.6) is 0 Å². The van der Waals surface area contributed by atoms with Crippen LogP contribution in [0.3, 0.4) is 0 Å². The number of hydrogen-bond donors (Lipinski definition) is 1. The Hall–Kier alpha value is -1.33. The van der Waals surface area contributed by atoms with E-state index in [2.05, 4.69) is 5.32 Å². The van der Waals surface area contributed by atoms with E-state index in [1.165, 1.54) is 7.05 Å². The van der Waals surface area contributed by atoms with Crippen LogP contribution in [0, 0.1) is 16.7 Å². The molecule has 1 heterocycles. The Morgan fingerprint density at radius 2 is 2.50 bits per heavy atom. The molecule has 1 saturated heterocycles. The molecule has 0 aliphatic carbocycles. The third-order valence-corrected chi connectivity index (χ3v) is 1.29. The van der Waals surface area contributed by atoms with Crippen LogP contribution in [-0.2, 0) is 0 Å². The minimum atomic E-state index is -1.02. The molecule has 2 amide bonds. The largest absolute Gasteiger partial charge is 0.324 e. The van der Waals surface area contributed by atoms with Crippen molar-refractivity contribution in [1.29, 1.82) is 0 Å². The maximum atomic E-state index is 10.6. The normalized spacial score (nSPS) is 24.7. The molecule has 0 spiro atoms. The van der Waals surface area contributed by atoms with E-state index in [9.17, 15) is 14.9 Å². The van der Waals surface area contributed by atoms with Gasteiger partial charge in [0.1, 0.15) is 6.54 Å². The van der Waals surface area contributed by atoms with E-state index in [-0.39, 0.29) is 0 Å². The van der Waals surface area contributed by atoms with Crippen LogP contribution in [0.2, 0.25) is 0 Å². The quantitative estimate of drug-likeness (QED) is 0.394. The summed E-state index contributed by atoms with van der Waals surface area (Å²) in [5.74, 6) is 0. The van der Waals surface area contributed by atoms with Gasteiger partial charge in [0.25, 0.3) is 0 Å². The fraction of sp³-hybridized carbons (Fsp3) is 0.500. The molecule has 1 fully saturated rings. The van der Waals surface area contributed by atoms with Crippen LogP contribution in [0.25, 0.3) is 0 Å². The molecule has 0 aromatic carbocycles. The van der Waals surface area contributed by atoms with E-state index in [0.717, 1.165) is 11.4 Å². The number of likely N-dealkylation sites (N-methyl/N-ethyl adjacent to an activating group) is 1. The molecule has 0 bridgehead atoms. The lowest BCUT2D eigenvalue weighted by Crippen LogP contribution is -2.34. The van der Waals surface area contributed by atoms with E-state index in [1.807, 2.05) is 0 Å². The highest BCUT2D eigenvalue weighted by Crippen LogP contribution is 2.06. The number of carbonyl (C=O) groups is 1. The van der Waals surface area contributed by atoms with Gasteiger partial charge in [-0.1, -0.05) is 0 Å². The van der Waals surface area contributed by atoms with Crippen molar-refractivity contribution in [3.8, 4) is 0 Å². The molecular formula is C4H6N3O3. The zero-order valence-corrected chi connectivity index (χ0v) is 5.27. The van der Waals surface area contributed by atoms with Crippen LogP contribution in [-0.4, -0.2) is 29.1 Å². The van der Waals surface area contributed by atoms with Gasteiger partial charge in [-0.2, -0.15) is 0 Å². The first-order valence-electron chi connectivity index (χ1n) is 2.63. The predicted molar refractivity (Wildman–Crippen MR) is 31.4 cm³/mol. The highest BCUT2D eigenvalue weighted by molar-refractivity contribution is 5.77. The Kier molecular flexibility index (Phi) is 1.44. The summed E-state index contributed by atoms with van der Waals surface area (Å²) in [7, 11) is 1.37. The van der Waals surface area contributed by atoms with E-state index in [0.29, 0.717) is 0 Å². The third kappa shape index (κ3) is 0.873. The number of hydrogen-bond acceptors (Lipinski definition) is 3. The summed E-state index contributed by atoms with van der Waals surface area (Å²) in [5, 5.41) is 12.3. The fourth-order valence-electron chi connectivity index (χ4n) is 0.682. The maximum Gasteiger partial charge on any atom is 0.323 e. The first-order valence-corrected chi connectivity index (χ1v) is 2.63. The van der Waals surface area contributed by atoms with E-state index in [4.69, 9.17) is 0 Å². The van der Waals surface area contributed by atoms with Crippen molar-refractivity contribution in [2.24, 2.45) is 0 Å². The van der Waals surface area contributed by atoms with Gasteiger partial charge in [-0.05, 0) is 0 Å². The fourth-order valence-corrected chi connectivity index (χ4v) is 0.682. The number of rotatable bonds is 1. The van der Waals surface area contributed by atoms with Crippen LogP contribution < -0.4 is 5.32 Å². The first kappa shape index (κ1) is 6.79. The van der Waals surface area contributed by atoms with Gasteiger partial charge in [-0.15, -0.1) is 0 Å². The Morgan fingerprint density at radius 3 is 2.70 bits per heavy atom. The molecule has 1 aliphatic rings. The highest BCUT2D eigenvalue weighted by atomic mass is 16.6. The van der Waals surface area contributed by atoms with Crippen molar-refractivity contribution in [2.45, 2.75) is 6.17 Å². The second kappa shape index (κ2) is 2.13. The summed E-state index contributed by atoms with van der Waals surface area (Å²) in [5.41, 5.74) is 0. The number of nitrogens with one attached hydrogen (secondary N) is 1. The summed E-state index contributed by atoms with van der Waals surface area (Å²) in [6, 6.07) is -0.443. The van der Waals surface area contributed by atoms with E-state index in [1.54, 1.807) is 0 Å². The Bertz CT molecular complexity index is 181. The Morgan fingerprint density at radius 1 is 1.90 bits per heavy atom. The summed E-state index contributed by atoms with van der Waals surface area (Å²) < 4.78 is 0. The standard InChI is InChI=1S/C4H6N3O3/c1-6-3(7(9)10)2-5-4(6)8/h2-3H,1H3,(H,5,8).